The molecule has 164 valence electrons. The predicted octanol–water partition coefficient (Wildman–Crippen LogP) is 6.06. The molecule has 2 aromatic heterocycles. The molecular weight excluding hydrogens is 431 g/mol. The number of nitrogens with one attached hydrogen (secondary N) is 1. The lowest BCUT2D eigenvalue weighted by Gasteiger charge is -2.11. The summed E-state index contributed by atoms with van der Waals surface area (Å²) in [4.78, 5) is 11.5. The summed E-state index contributed by atoms with van der Waals surface area (Å²) in [5.74, 6) is -2.15. The van der Waals surface area contributed by atoms with E-state index in [4.69, 9.17) is 21.1 Å². The summed E-state index contributed by atoms with van der Waals surface area (Å²) in [5, 5.41) is 0.253. The lowest BCUT2D eigenvalue weighted by Crippen LogP contribution is -2.09. The first-order chi connectivity index (χ1) is 14.8. The van der Waals surface area contributed by atoms with E-state index in [1.165, 1.54) is 13.2 Å². The Bertz CT molecular complexity index is 1100. The fraction of sp³-hybridized carbons (Fsp3) is 0.364. The van der Waals surface area contributed by atoms with Crippen LogP contribution < -0.4 is 9.47 Å². The summed E-state index contributed by atoms with van der Waals surface area (Å²) in [6, 6.07) is 6.42. The third-order valence-electron chi connectivity index (χ3n) is 5.33. The van der Waals surface area contributed by atoms with Gasteiger partial charge < -0.3 is 14.5 Å². The zero-order valence-corrected chi connectivity index (χ0v) is 17.8. The molecule has 9 heteroatoms. The molecule has 0 aliphatic heterocycles. The standard InChI is InChI=1S/C22H21ClF3N3O2/c1-12-7-16(24)17(27-10-12)11-31-14-3-4-15(18(8-14)30-2)19-20(23)29-21(28-19)13-5-6-22(25,26)9-13/h3-4,7-8,10,13H,5-6,9,11H2,1-2H3,(H,28,29). The number of benzene rings is 1. The van der Waals surface area contributed by atoms with Gasteiger partial charge in [-0.05, 0) is 37.1 Å². The minimum absolute atomic E-state index is 0.0438. The van der Waals surface area contributed by atoms with Gasteiger partial charge >= 0.3 is 0 Å². The van der Waals surface area contributed by atoms with Crippen LogP contribution in [0.2, 0.25) is 5.15 Å². The van der Waals surface area contributed by atoms with Gasteiger partial charge in [-0.3, -0.25) is 4.98 Å². The van der Waals surface area contributed by atoms with Crippen LogP contribution in [-0.2, 0) is 6.61 Å². The predicted molar refractivity (Wildman–Crippen MR) is 110 cm³/mol. The number of imidazole rings is 1. The molecule has 4 rings (SSSR count). The topological polar surface area (TPSA) is 60.0 Å². The second-order valence-electron chi connectivity index (χ2n) is 7.67. The Hall–Kier alpha value is -2.74. The second-order valence-corrected chi connectivity index (χ2v) is 8.05. The third-order valence-corrected chi connectivity index (χ3v) is 5.60. The van der Waals surface area contributed by atoms with Crippen LogP contribution >= 0.6 is 11.6 Å². The molecule has 1 aromatic carbocycles. The Morgan fingerprint density at radius 3 is 2.77 bits per heavy atom. The number of ether oxygens (including phenoxy) is 2. The summed E-state index contributed by atoms with van der Waals surface area (Å²) >= 11 is 6.33. The highest BCUT2D eigenvalue weighted by molar-refractivity contribution is 6.32. The fourth-order valence-electron chi connectivity index (χ4n) is 3.70. The average Bonchev–Trinajstić information content (AvgIpc) is 3.29. The fourth-order valence-corrected chi connectivity index (χ4v) is 3.94. The summed E-state index contributed by atoms with van der Waals surface area (Å²) in [6.45, 7) is 1.71. The van der Waals surface area contributed by atoms with Gasteiger partial charge in [0.25, 0.3) is 0 Å². The van der Waals surface area contributed by atoms with Crippen molar-refractivity contribution in [1.82, 2.24) is 15.0 Å². The van der Waals surface area contributed by atoms with Gasteiger partial charge in [0, 0.05) is 36.6 Å². The van der Waals surface area contributed by atoms with Gasteiger partial charge in [0.2, 0.25) is 5.92 Å². The number of alkyl halides is 2. The monoisotopic (exact) mass is 451 g/mol. The Morgan fingerprint density at radius 2 is 2.10 bits per heavy atom. The van der Waals surface area contributed by atoms with Gasteiger partial charge in [0.15, 0.2) is 0 Å². The van der Waals surface area contributed by atoms with E-state index in [2.05, 4.69) is 15.0 Å². The molecule has 1 saturated carbocycles. The van der Waals surface area contributed by atoms with E-state index in [-0.39, 0.29) is 36.2 Å². The van der Waals surface area contributed by atoms with Crippen molar-refractivity contribution in [3.05, 3.63) is 58.5 Å². The number of pyridine rings is 1. The molecule has 1 N–H and O–H groups in total. The number of hydrogen-bond acceptors (Lipinski definition) is 4. The number of aromatic nitrogens is 3. The Kier molecular flexibility index (Phi) is 5.83. The molecular formula is C22H21ClF3N3O2. The van der Waals surface area contributed by atoms with Gasteiger partial charge in [-0.25, -0.2) is 18.2 Å². The first-order valence-corrected chi connectivity index (χ1v) is 10.2. The maximum absolute atomic E-state index is 14.0. The minimum atomic E-state index is -2.67. The van der Waals surface area contributed by atoms with Crippen molar-refractivity contribution in [1.29, 1.82) is 0 Å². The molecule has 1 atom stereocenters. The van der Waals surface area contributed by atoms with E-state index < -0.39 is 11.7 Å². The number of aromatic amines is 1. The molecule has 0 saturated heterocycles. The maximum atomic E-state index is 14.0. The molecule has 0 bridgehead atoms. The lowest BCUT2D eigenvalue weighted by atomic mass is 10.1. The van der Waals surface area contributed by atoms with E-state index in [1.807, 2.05) is 0 Å². The van der Waals surface area contributed by atoms with Crippen LogP contribution in [-0.4, -0.2) is 28.0 Å². The number of nitrogens with zero attached hydrogens (tertiary/aromatic N) is 2. The Balaban J connectivity index is 1.54. The van der Waals surface area contributed by atoms with Crippen molar-refractivity contribution < 1.29 is 22.6 Å². The largest absolute Gasteiger partial charge is 0.496 e. The number of halogens is 4. The van der Waals surface area contributed by atoms with Gasteiger partial charge in [-0.1, -0.05) is 11.6 Å². The van der Waals surface area contributed by atoms with Crippen molar-refractivity contribution in [3.8, 4) is 22.8 Å². The molecule has 0 spiro atoms. The minimum Gasteiger partial charge on any atom is -0.496 e. The van der Waals surface area contributed by atoms with E-state index in [9.17, 15) is 13.2 Å². The molecule has 1 aliphatic rings. The van der Waals surface area contributed by atoms with E-state index >= 15 is 0 Å². The summed E-state index contributed by atoms with van der Waals surface area (Å²) in [6.07, 6.45) is 1.52. The zero-order valence-electron chi connectivity index (χ0n) is 17.0. The second kappa shape index (κ2) is 8.42. The summed E-state index contributed by atoms with van der Waals surface area (Å²) in [7, 11) is 1.49. The van der Waals surface area contributed by atoms with Crippen molar-refractivity contribution in [3.63, 3.8) is 0 Å². The summed E-state index contributed by atoms with van der Waals surface area (Å²) < 4.78 is 52.2. The van der Waals surface area contributed by atoms with E-state index in [0.717, 1.165) is 5.56 Å². The zero-order chi connectivity index (χ0) is 22.2. The number of rotatable bonds is 6. The SMILES string of the molecule is COc1cc(OCc2ncc(C)cc2F)ccc1-c1nc(C2CCC(F)(F)C2)[nH]c1Cl. The van der Waals surface area contributed by atoms with Gasteiger partial charge in [-0.15, -0.1) is 0 Å². The molecule has 31 heavy (non-hydrogen) atoms. The Labute approximate surface area is 182 Å². The van der Waals surface area contributed by atoms with Crippen LogP contribution in [0.5, 0.6) is 11.5 Å². The number of hydrogen-bond donors (Lipinski definition) is 1. The number of methoxy groups -OCH3 is 1. The molecule has 0 amide bonds. The first kappa shape index (κ1) is 21.5. The van der Waals surface area contributed by atoms with Crippen molar-refractivity contribution in [2.75, 3.05) is 7.11 Å². The van der Waals surface area contributed by atoms with Crippen LogP contribution in [0, 0.1) is 12.7 Å². The van der Waals surface area contributed by atoms with Gasteiger partial charge in [-0.2, -0.15) is 0 Å². The van der Waals surface area contributed by atoms with E-state index in [0.29, 0.717) is 35.0 Å². The quantitative estimate of drug-likeness (QED) is 0.494. The molecule has 2 heterocycles. The van der Waals surface area contributed by atoms with Crippen LogP contribution in [0.1, 0.15) is 42.3 Å². The molecule has 0 radical (unpaired) electrons. The number of aryl methyl sites for hydroxylation is 1. The highest BCUT2D eigenvalue weighted by atomic mass is 35.5. The van der Waals surface area contributed by atoms with Crippen LogP contribution in [0.4, 0.5) is 13.2 Å². The third kappa shape index (κ3) is 4.63. The molecule has 1 unspecified atom stereocenters. The highest BCUT2D eigenvalue weighted by Gasteiger charge is 2.41. The number of H-pyrrole nitrogens is 1. The van der Waals surface area contributed by atoms with Crippen molar-refractivity contribution in [2.45, 2.75) is 44.6 Å². The summed E-state index contributed by atoms with van der Waals surface area (Å²) in [5.41, 5.74) is 1.93. The van der Waals surface area contributed by atoms with Gasteiger partial charge in [0.1, 0.15) is 46.3 Å². The van der Waals surface area contributed by atoms with Crippen molar-refractivity contribution >= 4 is 11.6 Å². The normalized spacial score (nSPS) is 17.7. The van der Waals surface area contributed by atoms with Crippen LogP contribution in [0.25, 0.3) is 11.3 Å². The molecule has 1 aliphatic carbocycles. The first-order valence-electron chi connectivity index (χ1n) is 9.81. The molecule has 5 nitrogen and oxygen atoms in total. The lowest BCUT2D eigenvalue weighted by molar-refractivity contribution is 0.00756. The molecule has 1 fully saturated rings. The van der Waals surface area contributed by atoms with E-state index in [1.54, 1.807) is 31.3 Å². The Morgan fingerprint density at radius 1 is 1.29 bits per heavy atom. The van der Waals surface area contributed by atoms with Gasteiger partial charge in [0.05, 0.1) is 7.11 Å². The smallest absolute Gasteiger partial charge is 0.248 e. The molecule has 3 aromatic rings. The average molecular weight is 452 g/mol. The highest BCUT2D eigenvalue weighted by Crippen LogP contribution is 2.45. The van der Waals surface area contributed by atoms with Crippen LogP contribution in [0.15, 0.2) is 30.5 Å². The van der Waals surface area contributed by atoms with Crippen molar-refractivity contribution in [2.24, 2.45) is 0 Å². The maximum Gasteiger partial charge on any atom is 0.248 e. The van der Waals surface area contributed by atoms with Crippen LogP contribution in [0.3, 0.4) is 0 Å².